The lowest BCUT2D eigenvalue weighted by atomic mass is 10.1. The predicted octanol–water partition coefficient (Wildman–Crippen LogP) is 3.61. The number of hydrogen-bond acceptors (Lipinski definition) is 6. The van der Waals surface area contributed by atoms with Gasteiger partial charge in [0.05, 0.1) is 18.5 Å². The number of carbonyl (C=O) groups is 1. The van der Waals surface area contributed by atoms with Crippen molar-refractivity contribution in [1.29, 1.82) is 0 Å². The largest absolute Gasteiger partial charge is 0.462 e. The molecule has 0 amide bonds. The highest BCUT2D eigenvalue weighted by Crippen LogP contribution is 2.28. The topological polar surface area (TPSA) is 100 Å². The Hall–Kier alpha value is -3.39. The van der Waals surface area contributed by atoms with E-state index in [-0.39, 0.29) is 18.0 Å². The summed E-state index contributed by atoms with van der Waals surface area (Å²) in [5, 5.41) is 9.68. The number of nitrogens with zero attached hydrogens (tertiary/aromatic N) is 5. The van der Waals surface area contributed by atoms with Crippen molar-refractivity contribution in [2.75, 3.05) is 12.3 Å². The van der Waals surface area contributed by atoms with E-state index in [1.54, 1.807) is 11.4 Å². The van der Waals surface area contributed by atoms with E-state index >= 15 is 0 Å². The second-order valence-electron chi connectivity index (χ2n) is 6.55. The molecule has 0 spiro atoms. The van der Waals surface area contributed by atoms with Crippen LogP contribution in [0.5, 0.6) is 0 Å². The van der Waals surface area contributed by atoms with Gasteiger partial charge in [0.2, 0.25) is 0 Å². The van der Waals surface area contributed by atoms with Gasteiger partial charge in [-0.15, -0.1) is 0 Å². The fraction of sp³-hybridized carbons (Fsp3) is 0.200. The molecule has 0 bridgehead atoms. The molecule has 0 aliphatic heterocycles. The third-order valence-electron chi connectivity index (χ3n) is 4.56. The molecule has 3 heterocycles. The molecule has 3 aromatic heterocycles. The third kappa shape index (κ3) is 3.21. The number of aromatic nitrogens is 5. The highest BCUT2D eigenvalue weighted by molar-refractivity contribution is 6.30. The van der Waals surface area contributed by atoms with Crippen LogP contribution in [0.4, 0.5) is 5.82 Å². The first-order valence-electron chi connectivity index (χ1n) is 9.04. The Balaban J connectivity index is 1.91. The first kappa shape index (κ1) is 18.9. The fourth-order valence-electron chi connectivity index (χ4n) is 3.16. The number of halogens is 1. The Morgan fingerprint density at radius 1 is 1.24 bits per heavy atom. The van der Waals surface area contributed by atoms with Gasteiger partial charge in [-0.1, -0.05) is 23.7 Å². The standard InChI is InChI=1S/C20H19ClN6O2/c1-4-29-20(28)15-10-23-26(18(15)22)16-9-11(2)24-19-12(3)17(25-27(16)19)13-5-7-14(21)8-6-13/h5-10H,4,22H2,1-3H3. The highest BCUT2D eigenvalue weighted by atomic mass is 35.5. The minimum Gasteiger partial charge on any atom is -0.462 e. The Morgan fingerprint density at radius 2 is 1.97 bits per heavy atom. The Labute approximate surface area is 171 Å². The Bertz CT molecular complexity index is 1230. The molecule has 9 heteroatoms. The van der Waals surface area contributed by atoms with Crippen molar-refractivity contribution in [3.05, 3.63) is 58.4 Å². The zero-order chi connectivity index (χ0) is 20.7. The third-order valence-corrected chi connectivity index (χ3v) is 4.82. The molecule has 1 aromatic carbocycles. The number of esters is 1. The molecule has 0 unspecified atom stereocenters. The smallest absolute Gasteiger partial charge is 0.343 e. The van der Waals surface area contributed by atoms with Gasteiger partial charge in [-0.2, -0.15) is 19.4 Å². The molecule has 0 radical (unpaired) electrons. The maximum atomic E-state index is 12.1. The van der Waals surface area contributed by atoms with Crippen LogP contribution in [0.25, 0.3) is 22.7 Å². The molecule has 29 heavy (non-hydrogen) atoms. The van der Waals surface area contributed by atoms with Crippen LogP contribution in [0.1, 0.15) is 28.5 Å². The number of aryl methyl sites for hydroxylation is 2. The van der Waals surface area contributed by atoms with Gasteiger partial charge < -0.3 is 10.5 Å². The molecule has 0 atom stereocenters. The molecule has 4 rings (SSSR count). The van der Waals surface area contributed by atoms with E-state index < -0.39 is 5.97 Å². The summed E-state index contributed by atoms with van der Waals surface area (Å²) in [5.41, 5.74) is 10.5. The van der Waals surface area contributed by atoms with Gasteiger partial charge >= 0.3 is 5.97 Å². The van der Waals surface area contributed by atoms with Crippen molar-refractivity contribution in [1.82, 2.24) is 24.4 Å². The van der Waals surface area contributed by atoms with Crippen LogP contribution < -0.4 is 5.73 Å². The zero-order valence-corrected chi connectivity index (χ0v) is 16.9. The average molecular weight is 411 g/mol. The van der Waals surface area contributed by atoms with Crippen LogP contribution in [-0.4, -0.2) is 37.0 Å². The van der Waals surface area contributed by atoms with Gasteiger partial charge in [0.1, 0.15) is 11.4 Å². The molecular formula is C20H19ClN6O2. The first-order valence-corrected chi connectivity index (χ1v) is 9.42. The molecule has 148 valence electrons. The van der Waals surface area contributed by atoms with Crippen molar-refractivity contribution in [2.45, 2.75) is 20.8 Å². The van der Waals surface area contributed by atoms with Crippen molar-refractivity contribution < 1.29 is 9.53 Å². The van der Waals surface area contributed by atoms with Crippen molar-refractivity contribution in [3.63, 3.8) is 0 Å². The van der Waals surface area contributed by atoms with E-state index in [9.17, 15) is 4.79 Å². The summed E-state index contributed by atoms with van der Waals surface area (Å²) in [4.78, 5) is 16.7. The molecular weight excluding hydrogens is 392 g/mol. The molecule has 0 aliphatic carbocycles. The number of hydrogen-bond donors (Lipinski definition) is 1. The lowest BCUT2D eigenvalue weighted by molar-refractivity contribution is 0.0527. The van der Waals surface area contributed by atoms with E-state index in [4.69, 9.17) is 27.2 Å². The molecule has 0 saturated carbocycles. The van der Waals surface area contributed by atoms with E-state index in [1.165, 1.54) is 10.9 Å². The summed E-state index contributed by atoms with van der Waals surface area (Å²) in [6.07, 6.45) is 1.39. The summed E-state index contributed by atoms with van der Waals surface area (Å²) >= 11 is 6.01. The summed E-state index contributed by atoms with van der Waals surface area (Å²) in [5.74, 6) is 0.233. The van der Waals surface area contributed by atoms with Crippen molar-refractivity contribution >= 4 is 29.0 Å². The number of benzene rings is 1. The number of anilines is 1. The number of rotatable bonds is 4. The lowest BCUT2D eigenvalue weighted by Crippen LogP contribution is -2.12. The van der Waals surface area contributed by atoms with Gasteiger partial charge in [-0.05, 0) is 32.9 Å². The van der Waals surface area contributed by atoms with Gasteiger partial charge in [0, 0.05) is 27.9 Å². The fourth-order valence-corrected chi connectivity index (χ4v) is 3.29. The van der Waals surface area contributed by atoms with Crippen molar-refractivity contribution in [2.24, 2.45) is 0 Å². The summed E-state index contributed by atoms with van der Waals surface area (Å²) in [7, 11) is 0. The normalized spacial score (nSPS) is 11.2. The maximum Gasteiger partial charge on any atom is 0.343 e. The first-order chi connectivity index (χ1) is 13.9. The molecule has 0 saturated heterocycles. The van der Waals surface area contributed by atoms with Crippen LogP contribution in [-0.2, 0) is 4.74 Å². The van der Waals surface area contributed by atoms with Crippen LogP contribution in [0.15, 0.2) is 36.5 Å². The lowest BCUT2D eigenvalue weighted by Gasteiger charge is -2.08. The van der Waals surface area contributed by atoms with Gasteiger partial charge in [0.25, 0.3) is 0 Å². The number of nitrogens with two attached hydrogens (primary N) is 1. The van der Waals surface area contributed by atoms with Gasteiger partial charge in [0.15, 0.2) is 11.5 Å². The summed E-state index contributed by atoms with van der Waals surface area (Å²) < 4.78 is 8.18. The minimum absolute atomic E-state index is 0.177. The number of carbonyl (C=O) groups excluding carboxylic acids is 1. The monoisotopic (exact) mass is 410 g/mol. The van der Waals surface area contributed by atoms with E-state index in [2.05, 4.69) is 10.1 Å². The minimum atomic E-state index is -0.517. The molecule has 2 N–H and O–H groups in total. The van der Waals surface area contributed by atoms with E-state index in [0.717, 1.165) is 22.5 Å². The number of nitrogen functional groups attached to an aromatic ring is 1. The van der Waals surface area contributed by atoms with Crippen LogP contribution >= 0.6 is 11.6 Å². The Kier molecular flexibility index (Phi) is 4.71. The van der Waals surface area contributed by atoms with Gasteiger partial charge in [-0.3, -0.25) is 0 Å². The van der Waals surface area contributed by atoms with Crippen molar-refractivity contribution in [3.8, 4) is 17.1 Å². The quantitative estimate of drug-likeness (QED) is 0.516. The number of fused-ring (bicyclic) bond motifs is 1. The second-order valence-corrected chi connectivity index (χ2v) is 6.98. The predicted molar refractivity (Wildman–Crippen MR) is 110 cm³/mol. The maximum absolute atomic E-state index is 12.1. The van der Waals surface area contributed by atoms with Crippen LogP contribution in [0, 0.1) is 13.8 Å². The molecule has 4 aromatic rings. The van der Waals surface area contributed by atoms with Crippen LogP contribution in [0.2, 0.25) is 5.02 Å². The molecule has 0 aliphatic rings. The van der Waals surface area contributed by atoms with Gasteiger partial charge in [-0.25, -0.2) is 9.78 Å². The summed E-state index contributed by atoms with van der Waals surface area (Å²) in [6.45, 7) is 5.83. The molecule has 0 fully saturated rings. The zero-order valence-electron chi connectivity index (χ0n) is 16.2. The SMILES string of the molecule is CCOC(=O)c1cnn(-c2cc(C)nc3c(C)c(-c4ccc(Cl)cc4)nn23)c1N. The van der Waals surface area contributed by atoms with E-state index in [0.29, 0.717) is 16.5 Å². The Morgan fingerprint density at radius 3 is 2.66 bits per heavy atom. The van der Waals surface area contributed by atoms with Crippen LogP contribution in [0.3, 0.4) is 0 Å². The highest BCUT2D eigenvalue weighted by Gasteiger charge is 2.21. The summed E-state index contributed by atoms with van der Waals surface area (Å²) in [6, 6.07) is 9.26. The second kappa shape index (κ2) is 7.21. The average Bonchev–Trinajstić information content (AvgIpc) is 3.23. The van der Waals surface area contributed by atoms with E-state index in [1.807, 2.05) is 44.2 Å². The molecule has 8 nitrogen and oxygen atoms in total. The number of ether oxygens (including phenoxy) is 1.